The van der Waals surface area contributed by atoms with Crippen molar-refractivity contribution in [3.63, 3.8) is 0 Å². The molecule has 0 fully saturated rings. The van der Waals surface area contributed by atoms with Crippen molar-refractivity contribution in [3.8, 4) is 0 Å². The van der Waals surface area contributed by atoms with E-state index in [1.165, 1.54) is 16.8 Å². The van der Waals surface area contributed by atoms with E-state index in [9.17, 15) is 0 Å². The minimum atomic E-state index is 0.503. The van der Waals surface area contributed by atoms with Crippen LogP contribution in [0.15, 0.2) is 30.9 Å². The van der Waals surface area contributed by atoms with Crippen molar-refractivity contribution in [1.82, 2.24) is 0 Å². The van der Waals surface area contributed by atoms with Gasteiger partial charge in [-0.15, -0.1) is 6.58 Å². The first-order valence-electron chi connectivity index (χ1n) is 5.58. The average molecular weight is 203 g/mol. The van der Waals surface area contributed by atoms with Crippen LogP contribution in [-0.2, 0) is 0 Å². The number of hydrogen-bond donors (Lipinski definition) is 1. The molecule has 1 atom stereocenters. The summed E-state index contributed by atoms with van der Waals surface area (Å²) in [6.45, 7) is 10.3. The molecule has 82 valence electrons. The molecule has 1 N–H and O–H groups in total. The van der Waals surface area contributed by atoms with Gasteiger partial charge in [-0.05, 0) is 50.8 Å². The molecule has 1 heteroatoms. The summed E-state index contributed by atoms with van der Waals surface area (Å²) in [6, 6.07) is 6.90. The van der Waals surface area contributed by atoms with Gasteiger partial charge < -0.3 is 5.32 Å². The van der Waals surface area contributed by atoms with Gasteiger partial charge in [-0.2, -0.15) is 0 Å². The van der Waals surface area contributed by atoms with Crippen LogP contribution < -0.4 is 5.32 Å². The second-order valence-corrected chi connectivity index (χ2v) is 4.16. The van der Waals surface area contributed by atoms with Gasteiger partial charge >= 0.3 is 0 Å². The van der Waals surface area contributed by atoms with Crippen LogP contribution in [0.3, 0.4) is 0 Å². The molecule has 0 radical (unpaired) electrons. The first-order valence-corrected chi connectivity index (χ1v) is 5.58. The number of aryl methyl sites for hydroxylation is 1. The lowest BCUT2D eigenvalue weighted by Gasteiger charge is -2.17. The van der Waals surface area contributed by atoms with Crippen LogP contribution in [0.25, 0.3) is 0 Å². The first-order chi connectivity index (χ1) is 7.15. The highest BCUT2D eigenvalue weighted by molar-refractivity contribution is 5.54. The summed E-state index contributed by atoms with van der Waals surface area (Å²) in [6.07, 6.45) is 4.18. The van der Waals surface area contributed by atoms with Crippen molar-refractivity contribution in [2.24, 2.45) is 0 Å². The Morgan fingerprint density at radius 1 is 1.40 bits per heavy atom. The van der Waals surface area contributed by atoms with Crippen molar-refractivity contribution < 1.29 is 0 Å². The molecule has 0 aliphatic heterocycles. The van der Waals surface area contributed by atoms with Gasteiger partial charge in [0.05, 0.1) is 0 Å². The van der Waals surface area contributed by atoms with Crippen LogP contribution in [0.4, 0.5) is 5.69 Å². The number of hydrogen-bond acceptors (Lipinski definition) is 1. The van der Waals surface area contributed by atoms with E-state index in [0.717, 1.165) is 12.8 Å². The van der Waals surface area contributed by atoms with Crippen molar-refractivity contribution in [1.29, 1.82) is 0 Å². The van der Waals surface area contributed by atoms with E-state index in [4.69, 9.17) is 0 Å². The molecule has 0 amide bonds. The predicted octanol–water partition coefficient (Wildman–Crippen LogP) is 4.07. The van der Waals surface area contributed by atoms with E-state index in [2.05, 4.69) is 50.9 Å². The van der Waals surface area contributed by atoms with Crippen LogP contribution in [0.5, 0.6) is 0 Å². The highest BCUT2D eigenvalue weighted by Crippen LogP contribution is 2.19. The van der Waals surface area contributed by atoms with Gasteiger partial charge in [0, 0.05) is 11.7 Å². The molecule has 0 spiro atoms. The minimum Gasteiger partial charge on any atom is -0.382 e. The molecular weight excluding hydrogens is 182 g/mol. The normalized spacial score (nSPS) is 12.2. The highest BCUT2D eigenvalue weighted by Gasteiger charge is 2.04. The fraction of sp³-hybridized carbons (Fsp3) is 0.429. The van der Waals surface area contributed by atoms with E-state index >= 15 is 0 Å². The highest BCUT2D eigenvalue weighted by atomic mass is 14.9. The topological polar surface area (TPSA) is 12.0 Å². The van der Waals surface area contributed by atoms with Gasteiger partial charge in [0.1, 0.15) is 0 Å². The summed E-state index contributed by atoms with van der Waals surface area (Å²) in [5, 5.41) is 3.54. The molecule has 1 rings (SSSR count). The molecule has 0 saturated heterocycles. The smallest absolute Gasteiger partial charge is 0.0374 e. The number of benzene rings is 1. The third-order valence-electron chi connectivity index (χ3n) is 2.81. The minimum absolute atomic E-state index is 0.503. The second kappa shape index (κ2) is 5.59. The maximum absolute atomic E-state index is 3.74. The molecule has 0 heterocycles. The van der Waals surface area contributed by atoms with E-state index < -0.39 is 0 Å². The van der Waals surface area contributed by atoms with Crippen LogP contribution >= 0.6 is 0 Å². The lowest BCUT2D eigenvalue weighted by Crippen LogP contribution is -2.15. The van der Waals surface area contributed by atoms with Crippen LogP contribution in [-0.4, -0.2) is 6.04 Å². The lowest BCUT2D eigenvalue weighted by atomic mass is 10.1. The number of allylic oxidation sites excluding steroid dienone is 1. The van der Waals surface area contributed by atoms with E-state index in [0.29, 0.717) is 6.04 Å². The third kappa shape index (κ3) is 3.43. The summed E-state index contributed by atoms with van der Waals surface area (Å²) in [4.78, 5) is 0. The summed E-state index contributed by atoms with van der Waals surface area (Å²) in [5.41, 5.74) is 3.95. The Bertz CT molecular complexity index is 328. The van der Waals surface area contributed by atoms with Crippen molar-refractivity contribution in [3.05, 3.63) is 42.0 Å². The molecule has 1 unspecified atom stereocenters. The molecule has 0 aromatic heterocycles. The third-order valence-corrected chi connectivity index (χ3v) is 2.81. The zero-order valence-electron chi connectivity index (χ0n) is 10.0. The fourth-order valence-corrected chi connectivity index (χ4v) is 1.61. The molecule has 1 aromatic carbocycles. The van der Waals surface area contributed by atoms with Crippen molar-refractivity contribution in [2.75, 3.05) is 5.32 Å². The van der Waals surface area contributed by atoms with Gasteiger partial charge in [-0.1, -0.05) is 18.2 Å². The predicted molar refractivity (Wildman–Crippen MR) is 68.4 cm³/mol. The van der Waals surface area contributed by atoms with Gasteiger partial charge in [-0.3, -0.25) is 0 Å². The molecule has 15 heavy (non-hydrogen) atoms. The standard InChI is InChI=1S/C14H21N/c1-5-6-9-12(3)15-14-10-7-8-11(2)13(14)4/h5,7-8,10,12,15H,1,6,9H2,2-4H3. The summed E-state index contributed by atoms with van der Waals surface area (Å²) in [5.74, 6) is 0. The zero-order chi connectivity index (χ0) is 11.3. The zero-order valence-corrected chi connectivity index (χ0v) is 10.0. The molecule has 0 aliphatic rings. The average Bonchev–Trinajstić information content (AvgIpc) is 2.22. The Hall–Kier alpha value is -1.24. The van der Waals surface area contributed by atoms with Crippen molar-refractivity contribution in [2.45, 2.75) is 39.7 Å². The molecule has 1 nitrogen and oxygen atoms in total. The van der Waals surface area contributed by atoms with Crippen molar-refractivity contribution >= 4 is 5.69 Å². The Morgan fingerprint density at radius 3 is 2.80 bits per heavy atom. The van der Waals surface area contributed by atoms with Crippen LogP contribution in [0.2, 0.25) is 0 Å². The maximum atomic E-state index is 3.74. The summed E-state index contributed by atoms with van der Waals surface area (Å²) in [7, 11) is 0. The SMILES string of the molecule is C=CCCC(C)Nc1cccc(C)c1C. The van der Waals surface area contributed by atoms with E-state index in [1.807, 2.05) is 6.08 Å². The molecule has 0 bridgehead atoms. The van der Waals surface area contributed by atoms with Crippen LogP contribution in [0, 0.1) is 13.8 Å². The van der Waals surface area contributed by atoms with Gasteiger partial charge in [-0.25, -0.2) is 0 Å². The van der Waals surface area contributed by atoms with Crippen LogP contribution in [0.1, 0.15) is 30.9 Å². The Morgan fingerprint density at radius 2 is 2.13 bits per heavy atom. The monoisotopic (exact) mass is 203 g/mol. The van der Waals surface area contributed by atoms with Gasteiger partial charge in [0.25, 0.3) is 0 Å². The first kappa shape index (κ1) is 11.8. The Labute approximate surface area is 93.2 Å². The van der Waals surface area contributed by atoms with E-state index in [1.54, 1.807) is 0 Å². The van der Waals surface area contributed by atoms with Gasteiger partial charge in [0.2, 0.25) is 0 Å². The Kier molecular flexibility index (Phi) is 4.41. The largest absolute Gasteiger partial charge is 0.382 e. The van der Waals surface area contributed by atoms with E-state index in [-0.39, 0.29) is 0 Å². The quantitative estimate of drug-likeness (QED) is 0.711. The fourth-order valence-electron chi connectivity index (χ4n) is 1.61. The number of rotatable bonds is 5. The Balaban J connectivity index is 2.63. The second-order valence-electron chi connectivity index (χ2n) is 4.16. The number of anilines is 1. The number of nitrogens with one attached hydrogen (secondary N) is 1. The molecular formula is C14H21N. The molecule has 0 aliphatic carbocycles. The van der Waals surface area contributed by atoms with Gasteiger partial charge in [0.15, 0.2) is 0 Å². The molecule has 1 aromatic rings. The molecule has 0 saturated carbocycles. The lowest BCUT2D eigenvalue weighted by molar-refractivity contribution is 0.718. The summed E-state index contributed by atoms with van der Waals surface area (Å²) < 4.78 is 0. The summed E-state index contributed by atoms with van der Waals surface area (Å²) >= 11 is 0. The maximum Gasteiger partial charge on any atom is 0.0374 e.